The summed E-state index contributed by atoms with van der Waals surface area (Å²) >= 11 is 0. The van der Waals surface area contributed by atoms with Crippen molar-refractivity contribution in [1.82, 2.24) is 0 Å². The topological polar surface area (TPSA) is 56.8 Å². The van der Waals surface area contributed by atoms with Gasteiger partial charge < -0.3 is 19.5 Å². The largest absolute Gasteiger partial charge is 0.490 e. The Kier molecular flexibility index (Phi) is 10.3. The van der Waals surface area contributed by atoms with Gasteiger partial charge in [0.15, 0.2) is 11.5 Å². The number of hydrogen-bond acceptors (Lipinski definition) is 4. The molecule has 3 aromatic carbocycles. The van der Waals surface area contributed by atoms with Crippen LogP contribution in [0.4, 0.5) is 5.69 Å². The molecule has 0 spiro atoms. The van der Waals surface area contributed by atoms with Crippen LogP contribution in [0.3, 0.4) is 0 Å². The summed E-state index contributed by atoms with van der Waals surface area (Å²) in [4.78, 5) is 13.0. The van der Waals surface area contributed by atoms with Crippen molar-refractivity contribution in [2.45, 2.75) is 52.4 Å². The Bertz CT molecular complexity index is 1020. The molecule has 3 aromatic rings. The summed E-state index contributed by atoms with van der Waals surface area (Å²) in [6.07, 6.45) is 6.46. The summed E-state index contributed by atoms with van der Waals surface area (Å²) in [5.41, 5.74) is 1.17. The first-order chi connectivity index (χ1) is 16.7. The van der Waals surface area contributed by atoms with Crippen LogP contribution >= 0.6 is 0 Å². The van der Waals surface area contributed by atoms with Crippen LogP contribution in [0.1, 0.15) is 62.7 Å². The van der Waals surface area contributed by atoms with Gasteiger partial charge in [-0.05, 0) is 55.3 Å². The van der Waals surface area contributed by atoms with E-state index in [1.807, 2.05) is 54.6 Å². The molecule has 0 aliphatic rings. The first-order valence-electron chi connectivity index (χ1n) is 12.2. The number of nitrogens with one attached hydrogen (secondary N) is 1. The van der Waals surface area contributed by atoms with Crippen LogP contribution in [0.15, 0.2) is 72.8 Å². The van der Waals surface area contributed by atoms with Crippen molar-refractivity contribution < 1.29 is 19.0 Å². The maximum Gasteiger partial charge on any atom is 0.255 e. The summed E-state index contributed by atoms with van der Waals surface area (Å²) < 4.78 is 17.8. The summed E-state index contributed by atoms with van der Waals surface area (Å²) in [6, 6.07) is 22.3. The van der Waals surface area contributed by atoms with E-state index in [-0.39, 0.29) is 5.91 Å². The SMILES string of the molecule is CCCCCOc1ccc(C(=O)Nc2cccc(Oc3ccccc3)c2)cc1OCCCCC. The Hall–Kier alpha value is -3.47. The molecule has 0 heterocycles. The van der Waals surface area contributed by atoms with E-state index in [4.69, 9.17) is 14.2 Å². The molecule has 0 unspecified atom stereocenters. The van der Waals surface area contributed by atoms with Gasteiger partial charge in [0.05, 0.1) is 13.2 Å². The predicted molar refractivity (Wildman–Crippen MR) is 137 cm³/mol. The summed E-state index contributed by atoms with van der Waals surface area (Å²) in [7, 11) is 0. The van der Waals surface area contributed by atoms with Crippen LogP contribution < -0.4 is 19.5 Å². The van der Waals surface area contributed by atoms with Gasteiger partial charge in [-0.1, -0.05) is 63.8 Å². The fourth-order valence-corrected chi connectivity index (χ4v) is 3.41. The van der Waals surface area contributed by atoms with E-state index < -0.39 is 0 Å². The number of carbonyl (C=O) groups is 1. The van der Waals surface area contributed by atoms with Crippen LogP contribution in [0.2, 0.25) is 0 Å². The molecule has 0 aromatic heterocycles. The lowest BCUT2D eigenvalue weighted by atomic mass is 10.1. The Morgan fingerprint density at radius 2 is 1.38 bits per heavy atom. The second kappa shape index (κ2) is 13.9. The molecule has 0 aliphatic heterocycles. The molecular weight excluding hydrogens is 426 g/mol. The average molecular weight is 462 g/mol. The smallest absolute Gasteiger partial charge is 0.255 e. The number of benzene rings is 3. The van der Waals surface area contributed by atoms with Crippen LogP contribution in [-0.2, 0) is 0 Å². The molecular formula is C29H35NO4. The Balaban J connectivity index is 1.68. The van der Waals surface area contributed by atoms with Gasteiger partial charge in [0, 0.05) is 17.3 Å². The van der Waals surface area contributed by atoms with Crippen molar-refractivity contribution in [1.29, 1.82) is 0 Å². The number of carbonyl (C=O) groups excluding carboxylic acids is 1. The van der Waals surface area contributed by atoms with Crippen molar-refractivity contribution in [3.05, 3.63) is 78.4 Å². The first-order valence-corrected chi connectivity index (χ1v) is 12.2. The highest BCUT2D eigenvalue weighted by atomic mass is 16.5. The molecule has 0 saturated carbocycles. The summed E-state index contributed by atoms with van der Waals surface area (Å²) in [5.74, 6) is 2.47. The molecule has 1 amide bonds. The first kappa shape index (κ1) is 25.2. The monoisotopic (exact) mass is 461 g/mol. The van der Waals surface area contributed by atoms with Gasteiger partial charge in [-0.25, -0.2) is 0 Å². The molecule has 0 fully saturated rings. The minimum absolute atomic E-state index is 0.215. The molecule has 180 valence electrons. The average Bonchev–Trinajstić information content (AvgIpc) is 2.86. The minimum atomic E-state index is -0.215. The van der Waals surface area contributed by atoms with Gasteiger partial charge in [-0.3, -0.25) is 4.79 Å². The summed E-state index contributed by atoms with van der Waals surface area (Å²) in [5, 5.41) is 2.95. The Labute approximate surface area is 203 Å². The molecule has 0 bridgehead atoms. The third-order valence-electron chi connectivity index (χ3n) is 5.29. The van der Waals surface area contributed by atoms with E-state index in [0.717, 1.165) is 44.3 Å². The number of amides is 1. The van der Waals surface area contributed by atoms with E-state index in [9.17, 15) is 4.79 Å². The van der Waals surface area contributed by atoms with Gasteiger partial charge in [-0.2, -0.15) is 0 Å². The number of para-hydroxylation sites is 1. The molecule has 0 saturated heterocycles. The molecule has 0 atom stereocenters. The van der Waals surface area contributed by atoms with Gasteiger partial charge in [0.2, 0.25) is 0 Å². The van der Waals surface area contributed by atoms with Crippen molar-refractivity contribution in [3.8, 4) is 23.0 Å². The standard InChI is InChI=1S/C29H35NO4/c1-3-5-10-19-32-27-18-17-23(21-28(27)33-20-11-6-4-2)29(31)30-24-13-12-16-26(22-24)34-25-14-8-7-9-15-25/h7-9,12-18,21-22H,3-6,10-11,19-20H2,1-2H3,(H,30,31). The van der Waals surface area contributed by atoms with Gasteiger partial charge >= 0.3 is 0 Å². The molecule has 5 heteroatoms. The lowest BCUT2D eigenvalue weighted by Gasteiger charge is -2.14. The van der Waals surface area contributed by atoms with Crippen molar-refractivity contribution in [2.75, 3.05) is 18.5 Å². The van der Waals surface area contributed by atoms with Gasteiger partial charge in [0.25, 0.3) is 5.91 Å². The zero-order valence-electron chi connectivity index (χ0n) is 20.2. The van der Waals surface area contributed by atoms with E-state index in [0.29, 0.717) is 41.7 Å². The maximum atomic E-state index is 13.0. The summed E-state index contributed by atoms with van der Waals surface area (Å²) in [6.45, 7) is 5.56. The van der Waals surface area contributed by atoms with Gasteiger partial charge in [-0.15, -0.1) is 0 Å². The minimum Gasteiger partial charge on any atom is -0.490 e. The van der Waals surface area contributed by atoms with Crippen LogP contribution in [-0.4, -0.2) is 19.1 Å². The van der Waals surface area contributed by atoms with E-state index in [1.54, 1.807) is 18.2 Å². The van der Waals surface area contributed by atoms with Crippen molar-refractivity contribution in [2.24, 2.45) is 0 Å². The number of unbranched alkanes of at least 4 members (excludes halogenated alkanes) is 4. The maximum absolute atomic E-state index is 13.0. The fraction of sp³-hybridized carbons (Fsp3) is 0.345. The molecule has 3 rings (SSSR count). The number of anilines is 1. The van der Waals surface area contributed by atoms with Gasteiger partial charge in [0.1, 0.15) is 11.5 Å². The Morgan fingerprint density at radius 3 is 2.09 bits per heavy atom. The molecule has 5 nitrogen and oxygen atoms in total. The molecule has 0 radical (unpaired) electrons. The van der Waals surface area contributed by atoms with Crippen molar-refractivity contribution >= 4 is 11.6 Å². The highest BCUT2D eigenvalue weighted by Gasteiger charge is 2.13. The third-order valence-corrected chi connectivity index (χ3v) is 5.29. The fourth-order valence-electron chi connectivity index (χ4n) is 3.41. The second-order valence-corrected chi connectivity index (χ2v) is 8.17. The van der Waals surface area contributed by atoms with Crippen LogP contribution in [0.5, 0.6) is 23.0 Å². The normalized spacial score (nSPS) is 10.5. The second-order valence-electron chi connectivity index (χ2n) is 8.17. The zero-order valence-corrected chi connectivity index (χ0v) is 20.2. The highest BCUT2D eigenvalue weighted by molar-refractivity contribution is 6.04. The van der Waals surface area contributed by atoms with E-state index in [1.165, 1.54) is 0 Å². The van der Waals surface area contributed by atoms with Crippen LogP contribution in [0.25, 0.3) is 0 Å². The molecule has 0 aliphatic carbocycles. The highest BCUT2D eigenvalue weighted by Crippen LogP contribution is 2.30. The number of ether oxygens (including phenoxy) is 3. The zero-order chi connectivity index (χ0) is 24.0. The molecule has 1 N–H and O–H groups in total. The lowest BCUT2D eigenvalue weighted by molar-refractivity contribution is 0.102. The lowest BCUT2D eigenvalue weighted by Crippen LogP contribution is -2.12. The third kappa shape index (κ3) is 8.14. The predicted octanol–water partition coefficient (Wildman–Crippen LogP) is 7.87. The van der Waals surface area contributed by atoms with Crippen LogP contribution in [0, 0.1) is 0 Å². The number of hydrogen-bond donors (Lipinski definition) is 1. The number of rotatable bonds is 14. The molecule has 34 heavy (non-hydrogen) atoms. The Morgan fingerprint density at radius 1 is 0.706 bits per heavy atom. The van der Waals surface area contributed by atoms with E-state index >= 15 is 0 Å². The van der Waals surface area contributed by atoms with Crippen molar-refractivity contribution in [3.63, 3.8) is 0 Å². The van der Waals surface area contributed by atoms with E-state index in [2.05, 4.69) is 19.2 Å². The quantitative estimate of drug-likeness (QED) is 0.248.